The van der Waals surface area contributed by atoms with Gasteiger partial charge in [0, 0.05) is 37.3 Å². The Morgan fingerprint density at radius 1 is 1.04 bits per heavy atom. The molecule has 1 saturated heterocycles. The summed E-state index contributed by atoms with van der Waals surface area (Å²) in [5, 5.41) is 5.69. The first-order valence-corrected chi connectivity index (χ1v) is 9.39. The maximum atomic E-state index is 12.8. The molecule has 1 unspecified atom stereocenters. The predicted octanol–water partition coefficient (Wildman–Crippen LogP) is 1.76. The van der Waals surface area contributed by atoms with Gasteiger partial charge >= 0.3 is 6.03 Å². The molecular formula is C21H23N5O2. The molecule has 2 N–H and O–H groups in total. The lowest BCUT2D eigenvalue weighted by Crippen LogP contribution is -2.54. The van der Waals surface area contributed by atoms with E-state index >= 15 is 0 Å². The molecule has 0 saturated carbocycles. The Bertz CT molecular complexity index is 904. The van der Waals surface area contributed by atoms with E-state index in [1.165, 1.54) is 0 Å². The van der Waals surface area contributed by atoms with E-state index in [1.54, 1.807) is 4.90 Å². The number of benzene rings is 2. The first-order valence-electron chi connectivity index (χ1n) is 9.39. The molecule has 0 aliphatic carbocycles. The van der Waals surface area contributed by atoms with Gasteiger partial charge in [-0.05, 0) is 13.1 Å². The van der Waals surface area contributed by atoms with Crippen molar-refractivity contribution in [3.8, 4) is 0 Å². The molecule has 2 heterocycles. The van der Waals surface area contributed by atoms with Gasteiger partial charge in [0.2, 0.25) is 6.17 Å². The quantitative estimate of drug-likeness (QED) is 0.837. The van der Waals surface area contributed by atoms with Crippen LogP contribution in [0.15, 0.2) is 59.6 Å². The molecule has 1 atom stereocenters. The highest BCUT2D eigenvalue weighted by molar-refractivity contribution is 6.19. The second-order valence-electron chi connectivity index (χ2n) is 7.02. The molecule has 7 heteroatoms. The average molecular weight is 377 g/mol. The van der Waals surface area contributed by atoms with Crippen LogP contribution in [-0.4, -0.2) is 66.8 Å². The fourth-order valence-electron chi connectivity index (χ4n) is 3.40. The van der Waals surface area contributed by atoms with Crippen molar-refractivity contribution in [3.63, 3.8) is 0 Å². The smallest absolute Gasteiger partial charge is 0.319 e. The number of aliphatic imine (C=N–C) groups is 1. The number of anilines is 1. The molecule has 0 bridgehead atoms. The number of fused-ring (bicyclic) bond motifs is 1. The summed E-state index contributed by atoms with van der Waals surface area (Å²) < 4.78 is 0. The first-order chi connectivity index (χ1) is 13.6. The topological polar surface area (TPSA) is 77.0 Å². The molecule has 2 aromatic rings. The number of carbonyl (C=O) groups excluding carboxylic acids is 2. The second-order valence-corrected chi connectivity index (χ2v) is 7.02. The summed E-state index contributed by atoms with van der Waals surface area (Å²) in [6.45, 7) is 2.89. The molecule has 0 spiro atoms. The zero-order valence-electron chi connectivity index (χ0n) is 15.8. The minimum Gasteiger partial charge on any atom is -0.322 e. The Kier molecular flexibility index (Phi) is 5.08. The Labute approximate surface area is 164 Å². The number of para-hydroxylation sites is 1. The number of nitrogens with zero attached hydrogens (tertiary/aromatic N) is 3. The zero-order valence-corrected chi connectivity index (χ0v) is 15.8. The molecule has 28 heavy (non-hydrogen) atoms. The summed E-state index contributed by atoms with van der Waals surface area (Å²) in [6.07, 6.45) is -0.991. The molecule has 2 aliphatic heterocycles. The Balaban J connectivity index is 1.64. The summed E-state index contributed by atoms with van der Waals surface area (Å²) in [5.74, 6) is -0.346. The number of benzodiazepines with no additional fused rings is 1. The molecule has 144 valence electrons. The van der Waals surface area contributed by atoms with E-state index in [2.05, 4.69) is 20.5 Å². The van der Waals surface area contributed by atoms with Crippen molar-refractivity contribution < 1.29 is 9.59 Å². The van der Waals surface area contributed by atoms with Gasteiger partial charge in [0.1, 0.15) is 0 Å². The molecule has 1 fully saturated rings. The van der Waals surface area contributed by atoms with Crippen molar-refractivity contribution in [1.82, 2.24) is 15.1 Å². The highest BCUT2D eigenvalue weighted by atomic mass is 16.2. The maximum Gasteiger partial charge on any atom is 0.319 e. The van der Waals surface area contributed by atoms with Crippen LogP contribution in [0.4, 0.5) is 10.5 Å². The highest BCUT2D eigenvalue weighted by Gasteiger charge is 2.29. The number of urea groups is 1. The van der Waals surface area contributed by atoms with Crippen molar-refractivity contribution in [2.75, 3.05) is 38.5 Å². The third kappa shape index (κ3) is 3.75. The van der Waals surface area contributed by atoms with Crippen LogP contribution < -0.4 is 10.6 Å². The Morgan fingerprint density at radius 3 is 2.46 bits per heavy atom. The van der Waals surface area contributed by atoms with Gasteiger partial charge in [-0.25, -0.2) is 9.79 Å². The van der Waals surface area contributed by atoms with E-state index in [0.29, 0.717) is 24.5 Å². The number of carbonyl (C=O) groups is 2. The number of amides is 3. The second kappa shape index (κ2) is 7.82. The van der Waals surface area contributed by atoms with Crippen molar-refractivity contribution in [3.05, 3.63) is 65.7 Å². The lowest BCUT2D eigenvalue weighted by Gasteiger charge is -2.32. The molecule has 2 aliphatic rings. The van der Waals surface area contributed by atoms with Crippen LogP contribution in [0.2, 0.25) is 0 Å². The number of piperazine rings is 1. The van der Waals surface area contributed by atoms with Gasteiger partial charge in [-0.2, -0.15) is 0 Å². The van der Waals surface area contributed by atoms with Crippen LogP contribution in [0.3, 0.4) is 0 Å². The minimum atomic E-state index is -0.991. The number of nitrogens with one attached hydrogen (secondary N) is 2. The van der Waals surface area contributed by atoms with Gasteiger partial charge in [0.15, 0.2) is 0 Å². The monoisotopic (exact) mass is 377 g/mol. The van der Waals surface area contributed by atoms with Crippen LogP contribution >= 0.6 is 0 Å². The summed E-state index contributed by atoms with van der Waals surface area (Å²) in [6, 6.07) is 17.0. The van der Waals surface area contributed by atoms with E-state index in [9.17, 15) is 9.59 Å². The predicted molar refractivity (Wildman–Crippen MR) is 109 cm³/mol. The van der Waals surface area contributed by atoms with Gasteiger partial charge in [0.05, 0.1) is 11.4 Å². The highest BCUT2D eigenvalue weighted by Crippen LogP contribution is 2.23. The normalized spacial score (nSPS) is 19.9. The van der Waals surface area contributed by atoms with Crippen molar-refractivity contribution in [2.24, 2.45) is 4.99 Å². The first kappa shape index (κ1) is 18.2. The lowest BCUT2D eigenvalue weighted by molar-refractivity contribution is -0.117. The molecule has 7 nitrogen and oxygen atoms in total. The van der Waals surface area contributed by atoms with Crippen LogP contribution in [0.25, 0.3) is 0 Å². The number of likely N-dealkylation sites (N-methyl/N-ethyl adjacent to an activating group) is 1. The van der Waals surface area contributed by atoms with Gasteiger partial charge in [0.25, 0.3) is 5.91 Å². The van der Waals surface area contributed by atoms with Crippen LogP contribution in [0, 0.1) is 0 Å². The van der Waals surface area contributed by atoms with Crippen LogP contribution in [0.1, 0.15) is 11.1 Å². The molecule has 3 amide bonds. The lowest BCUT2D eigenvalue weighted by atomic mass is 10.0. The van der Waals surface area contributed by atoms with Crippen molar-refractivity contribution >= 4 is 23.3 Å². The molecule has 2 aromatic carbocycles. The minimum absolute atomic E-state index is 0.268. The van der Waals surface area contributed by atoms with Gasteiger partial charge in [-0.1, -0.05) is 48.5 Å². The summed E-state index contributed by atoms with van der Waals surface area (Å²) in [4.78, 5) is 34.0. The standard InChI is InChI=1S/C21H23N5O2/c1-25-11-13-26(14-12-25)21(28)24-19-20(27)22-17-10-6-5-9-16(17)18(23-19)15-7-3-2-4-8-15/h2-10,19H,11-14H2,1H3,(H,22,27)(H,24,28). The van der Waals surface area contributed by atoms with Crippen molar-refractivity contribution in [1.29, 1.82) is 0 Å². The van der Waals surface area contributed by atoms with E-state index in [0.717, 1.165) is 24.2 Å². The molecule has 4 rings (SSSR count). The van der Waals surface area contributed by atoms with E-state index in [1.807, 2.05) is 61.6 Å². The Hall–Kier alpha value is -3.19. The van der Waals surface area contributed by atoms with E-state index in [4.69, 9.17) is 0 Å². The molecular weight excluding hydrogens is 354 g/mol. The number of hydrogen-bond acceptors (Lipinski definition) is 4. The number of hydrogen-bond donors (Lipinski definition) is 2. The van der Waals surface area contributed by atoms with Gasteiger partial charge in [-0.3, -0.25) is 4.79 Å². The van der Waals surface area contributed by atoms with E-state index < -0.39 is 6.17 Å². The van der Waals surface area contributed by atoms with E-state index in [-0.39, 0.29) is 11.9 Å². The molecule has 0 aromatic heterocycles. The Morgan fingerprint density at radius 2 is 1.71 bits per heavy atom. The average Bonchev–Trinajstić information content (AvgIpc) is 2.86. The summed E-state index contributed by atoms with van der Waals surface area (Å²) in [7, 11) is 2.03. The largest absolute Gasteiger partial charge is 0.322 e. The third-order valence-corrected chi connectivity index (χ3v) is 5.04. The van der Waals surface area contributed by atoms with Gasteiger partial charge in [-0.15, -0.1) is 0 Å². The van der Waals surface area contributed by atoms with Gasteiger partial charge < -0.3 is 20.4 Å². The summed E-state index contributed by atoms with van der Waals surface area (Å²) >= 11 is 0. The maximum absolute atomic E-state index is 12.8. The van der Waals surface area contributed by atoms with Crippen LogP contribution in [0.5, 0.6) is 0 Å². The van der Waals surface area contributed by atoms with Crippen molar-refractivity contribution in [2.45, 2.75) is 6.17 Å². The SMILES string of the molecule is CN1CCN(C(=O)NC2N=C(c3ccccc3)c3ccccc3NC2=O)CC1. The fraction of sp³-hybridized carbons (Fsp3) is 0.286. The molecule has 0 radical (unpaired) electrons. The number of rotatable bonds is 2. The zero-order chi connectivity index (χ0) is 19.5. The fourth-order valence-corrected chi connectivity index (χ4v) is 3.40. The summed E-state index contributed by atoms with van der Waals surface area (Å²) in [5.41, 5.74) is 3.09. The third-order valence-electron chi connectivity index (χ3n) is 5.04. The van der Waals surface area contributed by atoms with Crippen LogP contribution in [-0.2, 0) is 4.79 Å².